The molecule has 1 aliphatic heterocycles. The van der Waals surface area contributed by atoms with Gasteiger partial charge in [0.2, 0.25) is 0 Å². The Kier molecular flexibility index (Phi) is 5.18. The van der Waals surface area contributed by atoms with Crippen LogP contribution in [0, 0.1) is 24.5 Å². The Labute approximate surface area is 168 Å². The van der Waals surface area contributed by atoms with Crippen molar-refractivity contribution in [3.8, 4) is 0 Å². The van der Waals surface area contributed by atoms with Gasteiger partial charge in [-0.15, -0.1) is 0 Å². The summed E-state index contributed by atoms with van der Waals surface area (Å²) in [5.41, 5.74) is 3.11. The number of hydrogen-bond acceptors (Lipinski definition) is 3. The highest BCUT2D eigenvalue weighted by Gasteiger charge is 2.24. The van der Waals surface area contributed by atoms with Gasteiger partial charge in [-0.05, 0) is 56.0 Å². The van der Waals surface area contributed by atoms with Gasteiger partial charge in [-0.1, -0.05) is 18.6 Å². The molecule has 0 aliphatic carbocycles. The Balaban J connectivity index is 1.75. The summed E-state index contributed by atoms with van der Waals surface area (Å²) in [6.45, 7) is 5.56. The third-order valence-electron chi connectivity index (χ3n) is 5.33. The molecule has 1 unspecified atom stereocenters. The summed E-state index contributed by atoms with van der Waals surface area (Å²) in [6, 6.07) is 11.1. The van der Waals surface area contributed by atoms with E-state index in [-0.39, 0.29) is 5.91 Å². The molecule has 4 nitrogen and oxygen atoms in total. The first kappa shape index (κ1) is 19.3. The second-order valence-corrected chi connectivity index (χ2v) is 7.83. The van der Waals surface area contributed by atoms with E-state index < -0.39 is 11.6 Å². The van der Waals surface area contributed by atoms with E-state index in [1.807, 2.05) is 30.0 Å². The van der Waals surface area contributed by atoms with Crippen molar-refractivity contribution >= 4 is 28.2 Å². The number of aromatic nitrogens is 1. The molecule has 0 bridgehead atoms. The Bertz CT molecular complexity index is 1080. The zero-order chi connectivity index (χ0) is 20.5. The summed E-state index contributed by atoms with van der Waals surface area (Å²) in [5, 5.41) is 3.95. The number of rotatable bonds is 3. The quantitative estimate of drug-likeness (QED) is 0.643. The molecular weight excluding hydrogens is 372 g/mol. The summed E-state index contributed by atoms with van der Waals surface area (Å²) in [6.07, 6.45) is 2.11. The predicted octanol–water partition coefficient (Wildman–Crippen LogP) is 5.44. The van der Waals surface area contributed by atoms with Crippen LogP contribution in [0.4, 0.5) is 20.2 Å². The summed E-state index contributed by atoms with van der Waals surface area (Å²) in [4.78, 5) is 19.5. The number of nitrogens with zero attached hydrogens (tertiary/aromatic N) is 2. The van der Waals surface area contributed by atoms with Crippen LogP contribution in [-0.2, 0) is 0 Å². The molecule has 0 radical (unpaired) electrons. The van der Waals surface area contributed by atoms with Gasteiger partial charge in [0, 0.05) is 30.2 Å². The number of anilines is 2. The number of halogens is 2. The van der Waals surface area contributed by atoms with Gasteiger partial charge in [-0.2, -0.15) is 0 Å². The van der Waals surface area contributed by atoms with E-state index in [1.165, 1.54) is 6.07 Å². The van der Waals surface area contributed by atoms with E-state index in [1.54, 1.807) is 6.07 Å². The van der Waals surface area contributed by atoms with Gasteiger partial charge in [0.25, 0.3) is 5.91 Å². The second-order valence-electron chi connectivity index (χ2n) is 7.83. The lowest BCUT2D eigenvalue weighted by molar-refractivity contribution is 0.0677. The number of piperidine rings is 1. The Morgan fingerprint density at radius 3 is 2.72 bits per heavy atom. The van der Waals surface area contributed by atoms with Gasteiger partial charge in [0.1, 0.15) is 5.69 Å². The van der Waals surface area contributed by atoms with Crippen molar-refractivity contribution in [2.75, 3.05) is 18.4 Å². The molecule has 1 amide bonds. The van der Waals surface area contributed by atoms with E-state index in [4.69, 9.17) is 0 Å². The van der Waals surface area contributed by atoms with Gasteiger partial charge in [0.05, 0.1) is 11.2 Å². The van der Waals surface area contributed by atoms with Crippen LogP contribution in [0.3, 0.4) is 0 Å². The number of amides is 1. The number of carbonyl (C=O) groups is 1. The summed E-state index contributed by atoms with van der Waals surface area (Å²) in [5.74, 6) is -1.47. The zero-order valence-corrected chi connectivity index (χ0v) is 16.5. The summed E-state index contributed by atoms with van der Waals surface area (Å²) < 4.78 is 26.9. The summed E-state index contributed by atoms with van der Waals surface area (Å²) >= 11 is 0. The molecule has 150 valence electrons. The van der Waals surface area contributed by atoms with E-state index in [0.717, 1.165) is 49.0 Å². The number of pyridine rings is 1. The number of carbonyl (C=O) groups excluding carboxylic acids is 1. The minimum Gasteiger partial charge on any atom is -0.355 e. The van der Waals surface area contributed by atoms with Crippen LogP contribution < -0.4 is 5.32 Å². The molecule has 3 aromatic rings. The zero-order valence-electron chi connectivity index (χ0n) is 16.5. The Hall–Kier alpha value is -3.02. The highest BCUT2D eigenvalue weighted by molar-refractivity contribution is 6.00. The van der Waals surface area contributed by atoms with Crippen molar-refractivity contribution < 1.29 is 13.6 Å². The van der Waals surface area contributed by atoms with Crippen molar-refractivity contribution in [2.24, 2.45) is 5.92 Å². The van der Waals surface area contributed by atoms with Crippen molar-refractivity contribution in [2.45, 2.75) is 26.7 Å². The normalized spacial score (nSPS) is 16.8. The largest absolute Gasteiger partial charge is 0.355 e. The molecule has 1 saturated heterocycles. The van der Waals surface area contributed by atoms with E-state index >= 15 is 0 Å². The van der Waals surface area contributed by atoms with Crippen LogP contribution in [-0.4, -0.2) is 28.9 Å². The number of hydrogen-bond donors (Lipinski definition) is 1. The molecule has 1 aromatic heterocycles. The molecule has 1 N–H and O–H groups in total. The van der Waals surface area contributed by atoms with Crippen LogP contribution in [0.1, 0.15) is 35.8 Å². The predicted molar refractivity (Wildman–Crippen MR) is 110 cm³/mol. The summed E-state index contributed by atoms with van der Waals surface area (Å²) in [7, 11) is 0. The van der Waals surface area contributed by atoms with Crippen LogP contribution in [0.5, 0.6) is 0 Å². The average Bonchev–Trinajstić information content (AvgIpc) is 2.70. The van der Waals surface area contributed by atoms with Crippen molar-refractivity contribution in [3.63, 3.8) is 0 Å². The fraction of sp³-hybridized carbons (Fsp3) is 0.304. The minimum atomic E-state index is -0.928. The Morgan fingerprint density at radius 1 is 1.14 bits per heavy atom. The third-order valence-corrected chi connectivity index (χ3v) is 5.33. The Morgan fingerprint density at radius 2 is 1.97 bits per heavy atom. The topological polar surface area (TPSA) is 45.2 Å². The lowest BCUT2D eigenvalue weighted by Gasteiger charge is -2.30. The van der Waals surface area contributed by atoms with Crippen LogP contribution in [0.25, 0.3) is 10.9 Å². The van der Waals surface area contributed by atoms with Crippen molar-refractivity contribution in [1.82, 2.24) is 9.88 Å². The van der Waals surface area contributed by atoms with E-state index in [9.17, 15) is 13.6 Å². The third kappa shape index (κ3) is 4.06. The molecule has 4 rings (SSSR count). The van der Waals surface area contributed by atoms with Gasteiger partial charge in [-0.3, -0.25) is 4.79 Å². The van der Waals surface area contributed by atoms with Gasteiger partial charge in [0.15, 0.2) is 11.6 Å². The molecule has 1 atom stereocenters. The average molecular weight is 395 g/mol. The maximum atomic E-state index is 13.7. The van der Waals surface area contributed by atoms with Crippen molar-refractivity contribution in [3.05, 3.63) is 65.4 Å². The van der Waals surface area contributed by atoms with Crippen LogP contribution in [0.15, 0.2) is 42.5 Å². The van der Waals surface area contributed by atoms with Gasteiger partial charge in [-0.25, -0.2) is 13.8 Å². The highest BCUT2D eigenvalue weighted by atomic mass is 19.2. The molecular formula is C23H23F2N3O. The molecule has 1 fully saturated rings. The van der Waals surface area contributed by atoms with Gasteiger partial charge < -0.3 is 10.2 Å². The second kappa shape index (κ2) is 7.78. The standard InChI is InChI=1S/C23H23F2N3O/c1-14-5-8-20-17(10-14)21(26-16-6-7-18(24)19(25)11-16)12-22(27-20)23(29)28-9-3-4-15(2)13-28/h5-8,10-12,15H,3-4,9,13H2,1-2H3,(H,26,27). The van der Waals surface area contributed by atoms with Crippen LogP contribution >= 0.6 is 0 Å². The first-order chi connectivity index (χ1) is 13.9. The number of fused-ring (bicyclic) bond motifs is 1. The number of benzene rings is 2. The number of likely N-dealkylation sites (tertiary alicyclic amines) is 1. The molecule has 6 heteroatoms. The van der Waals surface area contributed by atoms with E-state index in [0.29, 0.717) is 28.5 Å². The van der Waals surface area contributed by atoms with Crippen molar-refractivity contribution in [1.29, 1.82) is 0 Å². The fourth-order valence-corrected chi connectivity index (χ4v) is 3.82. The van der Waals surface area contributed by atoms with E-state index in [2.05, 4.69) is 17.2 Å². The first-order valence-electron chi connectivity index (χ1n) is 9.83. The number of nitrogens with one attached hydrogen (secondary N) is 1. The maximum Gasteiger partial charge on any atom is 0.272 e. The number of aryl methyl sites for hydroxylation is 1. The van der Waals surface area contributed by atoms with Gasteiger partial charge >= 0.3 is 0 Å². The monoisotopic (exact) mass is 395 g/mol. The smallest absolute Gasteiger partial charge is 0.272 e. The molecule has 2 aromatic carbocycles. The molecule has 1 aliphatic rings. The first-order valence-corrected chi connectivity index (χ1v) is 9.83. The maximum absolute atomic E-state index is 13.7. The fourth-order valence-electron chi connectivity index (χ4n) is 3.82. The lowest BCUT2D eigenvalue weighted by atomic mass is 10.00. The lowest BCUT2D eigenvalue weighted by Crippen LogP contribution is -2.39. The molecule has 0 saturated carbocycles. The SMILES string of the molecule is Cc1ccc2nc(C(=O)N3CCCC(C)C3)cc(Nc3ccc(F)c(F)c3)c2c1. The molecule has 0 spiro atoms. The molecule has 2 heterocycles. The van der Waals surface area contributed by atoms with Crippen LogP contribution in [0.2, 0.25) is 0 Å². The minimum absolute atomic E-state index is 0.104. The molecule has 29 heavy (non-hydrogen) atoms. The highest BCUT2D eigenvalue weighted by Crippen LogP contribution is 2.29.